The Bertz CT molecular complexity index is 623. The zero-order chi connectivity index (χ0) is 15.2. The van der Waals surface area contributed by atoms with Gasteiger partial charge in [0.05, 0.1) is 0 Å². The van der Waals surface area contributed by atoms with Gasteiger partial charge < -0.3 is 10.2 Å². The first-order chi connectivity index (χ1) is 10.2. The molecular formula is C17H21ClN2O. The van der Waals surface area contributed by atoms with E-state index >= 15 is 0 Å². The van der Waals surface area contributed by atoms with Crippen molar-refractivity contribution in [1.29, 1.82) is 0 Å². The average Bonchev–Trinajstić information content (AvgIpc) is 2.52. The van der Waals surface area contributed by atoms with Gasteiger partial charge in [-0.05, 0) is 30.6 Å². The van der Waals surface area contributed by atoms with E-state index in [4.69, 9.17) is 11.6 Å². The SMILES string of the molecule is CCN(CC)CCNC(=O)c1ccc(Cl)c2ccccc12. The second-order valence-electron chi connectivity index (χ2n) is 4.92. The molecule has 112 valence electrons. The number of rotatable bonds is 6. The highest BCUT2D eigenvalue weighted by Crippen LogP contribution is 2.26. The highest BCUT2D eigenvalue weighted by Gasteiger charge is 2.11. The van der Waals surface area contributed by atoms with E-state index in [1.165, 1.54) is 0 Å². The Morgan fingerprint density at radius 2 is 1.76 bits per heavy atom. The van der Waals surface area contributed by atoms with E-state index in [9.17, 15) is 4.79 Å². The summed E-state index contributed by atoms with van der Waals surface area (Å²) in [6.45, 7) is 7.75. The van der Waals surface area contributed by atoms with Gasteiger partial charge in [0.25, 0.3) is 5.91 Å². The van der Waals surface area contributed by atoms with Crippen LogP contribution in [-0.4, -0.2) is 37.0 Å². The minimum atomic E-state index is -0.0463. The largest absolute Gasteiger partial charge is 0.351 e. The van der Waals surface area contributed by atoms with Crippen molar-refractivity contribution in [3.05, 3.63) is 47.0 Å². The van der Waals surface area contributed by atoms with Crippen LogP contribution in [0.5, 0.6) is 0 Å². The second-order valence-corrected chi connectivity index (χ2v) is 5.33. The number of benzene rings is 2. The average molecular weight is 305 g/mol. The molecule has 0 aliphatic rings. The van der Waals surface area contributed by atoms with Crippen LogP contribution in [0.4, 0.5) is 0 Å². The summed E-state index contributed by atoms with van der Waals surface area (Å²) < 4.78 is 0. The van der Waals surface area contributed by atoms with Crippen molar-refractivity contribution in [2.45, 2.75) is 13.8 Å². The summed E-state index contributed by atoms with van der Waals surface area (Å²) in [6, 6.07) is 11.3. The molecule has 0 spiro atoms. The van der Waals surface area contributed by atoms with E-state index in [0.29, 0.717) is 17.1 Å². The maximum absolute atomic E-state index is 12.4. The number of carbonyl (C=O) groups is 1. The normalized spacial score (nSPS) is 11.0. The smallest absolute Gasteiger partial charge is 0.251 e. The summed E-state index contributed by atoms with van der Waals surface area (Å²) in [5.41, 5.74) is 0.676. The van der Waals surface area contributed by atoms with Crippen LogP contribution in [0.3, 0.4) is 0 Å². The van der Waals surface area contributed by atoms with Crippen LogP contribution >= 0.6 is 11.6 Å². The van der Waals surface area contributed by atoms with Gasteiger partial charge in [-0.2, -0.15) is 0 Å². The maximum atomic E-state index is 12.4. The van der Waals surface area contributed by atoms with E-state index in [-0.39, 0.29) is 5.91 Å². The van der Waals surface area contributed by atoms with Crippen molar-refractivity contribution < 1.29 is 4.79 Å². The quantitative estimate of drug-likeness (QED) is 0.885. The number of likely N-dealkylation sites (N-methyl/N-ethyl adjacent to an activating group) is 1. The zero-order valence-electron chi connectivity index (χ0n) is 12.5. The third-order valence-electron chi connectivity index (χ3n) is 3.72. The fraction of sp³-hybridized carbons (Fsp3) is 0.353. The molecule has 0 saturated carbocycles. The standard InChI is InChI=1S/C17H21ClN2O/c1-3-20(4-2)12-11-19-17(21)15-9-10-16(18)14-8-6-5-7-13(14)15/h5-10H,3-4,11-12H2,1-2H3,(H,19,21). The van der Waals surface area contributed by atoms with Gasteiger partial charge in [0, 0.05) is 29.1 Å². The number of halogens is 1. The molecule has 3 nitrogen and oxygen atoms in total. The van der Waals surface area contributed by atoms with Gasteiger partial charge in [0.15, 0.2) is 0 Å². The summed E-state index contributed by atoms with van der Waals surface area (Å²) >= 11 is 6.18. The topological polar surface area (TPSA) is 32.3 Å². The monoisotopic (exact) mass is 304 g/mol. The molecule has 0 heterocycles. The van der Waals surface area contributed by atoms with Gasteiger partial charge in [-0.25, -0.2) is 0 Å². The maximum Gasteiger partial charge on any atom is 0.251 e. The summed E-state index contributed by atoms with van der Waals surface area (Å²) in [5, 5.41) is 5.46. The zero-order valence-corrected chi connectivity index (χ0v) is 13.3. The van der Waals surface area contributed by atoms with E-state index in [1.807, 2.05) is 24.3 Å². The fourth-order valence-corrected chi connectivity index (χ4v) is 2.65. The lowest BCUT2D eigenvalue weighted by Crippen LogP contribution is -2.34. The molecule has 0 radical (unpaired) electrons. The van der Waals surface area contributed by atoms with Crippen molar-refractivity contribution in [2.24, 2.45) is 0 Å². The number of amides is 1. The van der Waals surface area contributed by atoms with Crippen LogP contribution in [0.2, 0.25) is 5.02 Å². The van der Waals surface area contributed by atoms with Crippen LogP contribution in [-0.2, 0) is 0 Å². The molecule has 2 aromatic rings. The summed E-state index contributed by atoms with van der Waals surface area (Å²) in [4.78, 5) is 14.6. The van der Waals surface area contributed by atoms with Crippen LogP contribution in [0.25, 0.3) is 10.8 Å². The van der Waals surface area contributed by atoms with Gasteiger partial charge in [0.2, 0.25) is 0 Å². The number of fused-ring (bicyclic) bond motifs is 1. The lowest BCUT2D eigenvalue weighted by atomic mass is 10.0. The Balaban J connectivity index is 2.11. The Labute approximate surface area is 130 Å². The van der Waals surface area contributed by atoms with Gasteiger partial charge in [-0.3, -0.25) is 4.79 Å². The number of hydrogen-bond donors (Lipinski definition) is 1. The van der Waals surface area contributed by atoms with Crippen molar-refractivity contribution in [3.8, 4) is 0 Å². The molecule has 1 N–H and O–H groups in total. The van der Waals surface area contributed by atoms with Crippen molar-refractivity contribution in [1.82, 2.24) is 10.2 Å². The van der Waals surface area contributed by atoms with E-state index in [2.05, 4.69) is 24.1 Å². The third-order valence-corrected chi connectivity index (χ3v) is 4.05. The number of hydrogen-bond acceptors (Lipinski definition) is 2. The number of nitrogens with zero attached hydrogens (tertiary/aromatic N) is 1. The van der Waals surface area contributed by atoms with E-state index in [1.54, 1.807) is 12.1 Å². The van der Waals surface area contributed by atoms with Crippen LogP contribution in [0.15, 0.2) is 36.4 Å². The molecule has 0 atom stereocenters. The summed E-state index contributed by atoms with van der Waals surface area (Å²) in [6.07, 6.45) is 0. The molecule has 0 aliphatic heterocycles. The van der Waals surface area contributed by atoms with Gasteiger partial charge >= 0.3 is 0 Å². The third kappa shape index (κ3) is 3.74. The van der Waals surface area contributed by atoms with Gasteiger partial charge in [-0.1, -0.05) is 49.7 Å². The lowest BCUT2D eigenvalue weighted by Gasteiger charge is -2.18. The molecule has 4 heteroatoms. The molecule has 0 saturated heterocycles. The Morgan fingerprint density at radius 3 is 2.43 bits per heavy atom. The molecule has 21 heavy (non-hydrogen) atoms. The van der Waals surface area contributed by atoms with Crippen LogP contribution < -0.4 is 5.32 Å². The van der Waals surface area contributed by atoms with Crippen molar-refractivity contribution in [3.63, 3.8) is 0 Å². The highest BCUT2D eigenvalue weighted by atomic mass is 35.5. The Morgan fingerprint density at radius 1 is 1.10 bits per heavy atom. The fourth-order valence-electron chi connectivity index (χ4n) is 2.42. The van der Waals surface area contributed by atoms with Crippen LogP contribution in [0.1, 0.15) is 24.2 Å². The molecule has 0 bridgehead atoms. The summed E-state index contributed by atoms with van der Waals surface area (Å²) in [7, 11) is 0. The molecule has 0 aliphatic carbocycles. The van der Waals surface area contributed by atoms with Gasteiger partial charge in [0.1, 0.15) is 0 Å². The number of carbonyl (C=O) groups excluding carboxylic acids is 1. The Kier molecular flexibility index (Phi) is 5.59. The highest BCUT2D eigenvalue weighted by molar-refractivity contribution is 6.36. The predicted molar refractivity (Wildman–Crippen MR) is 89.1 cm³/mol. The number of nitrogens with one attached hydrogen (secondary N) is 1. The minimum Gasteiger partial charge on any atom is -0.351 e. The molecule has 2 rings (SSSR count). The first-order valence-corrected chi connectivity index (χ1v) is 7.73. The van der Waals surface area contributed by atoms with Crippen LogP contribution in [0, 0.1) is 0 Å². The first-order valence-electron chi connectivity index (χ1n) is 7.35. The summed E-state index contributed by atoms with van der Waals surface area (Å²) in [5.74, 6) is -0.0463. The van der Waals surface area contributed by atoms with E-state index < -0.39 is 0 Å². The minimum absolute atomic E-state index is 0.0463. The lowest BCUT2D eigenvalue weighted by molar-refractivity contribution is 0.0950. The van der Waals surface area contributed by atoms with Gasteiger partial charge in [-0.15, -0.1) is 0 Å². The van der Waals surface area contributed by atoms with E-state index in [0.717, 1.165) is 30.4 Å². The molecule has 0 fully saturated rings. The molecule has 2 aromatic carbocycles. The molecular weight excluding hydrogens is 284 g/mol. The molecule has 1 amide bonds. The molecule has 0 unspecified atom stereocenters. The second kappa shape index (κ2) is 7.43. The predicted octanol–water partition coefficient (Wildman–Crippen LogP) is 3.56. The molecule has 0 aromatic heterocycles. The van der Waals surface area contributed by atoms with Crippen molar-refractivity contribution in [2.75, 3.05) is 26.2 Å². The first kappa shape index (κ1) is 15.8. The van der Waals surface area contributed by atoms with Crippen molar-refractivity contribution >= 4 is 28.3 Å². The Hall–Kier alpha value is -1.58.